The average molecular weight is 423 g/mol. The van der Waals surface area contributed by atoms with Crippen molar-refractivity contribution in [1.29, 1.82) is 0 Å². The van der Waals surface area contributed by atoms with Crippen molar-refractivity contribution in [2.45, 2.75) is 5.38 Å². The fourth-order valence-corrected chi connectivity index (χ4v) is 6.40. The number of hydrogen-bond donors (Lipinski definition) is 0. The van der Waals surface area contributed by atoms with Gasteiger partial charge in [0.2, 0.25) is 0 Å². The van der Waals surface area contributed by atoms with Gasteiger partial charge in [0.15, 0.2) is 0 Å². The third-order valence-electron chi connectivity index (χ3n) is 2.74. The zero-order chi connectivity index (χ0) is 12.7. The SMILES string of the molecule is ClC(c1cc(Br)sc1Br)c1csc2ccccc12. The van der Waals surface area contributed by atoms with Gasteiger partial charge in [-0.05, 0) is 60.3 Å². The van der Waals surface area contributed by atoms with E-state index in [4.69, 9.17) is 11.6 Å². The summed E-state index contributed by atoms with van der Waals surface area (Å²) in [5, 5.41) is 3.29. The monoisotopic (exact) mass is 420 g/mol. The molecular weight excluding hydrogens is 416 g/mol. The summed E-state index contributed by atoms with van der Waals surface area (Å²) in [6.45, 7) is 0. The first-order chi connectivity index (χ1) is 8.66. The molecule has 3 rings (SSSR count). The van der Waals surface area contributed by atoms with Gasteiger partial charge < -0.3 is 0 Å². The highest BCUT2D eigenvalue weighted by Gasteiger charge is 2.19. The lowest BCUT2D eigenvalue weighted by atomic mass is 10.1. The second-order valence-corrected chi connectivity index (χ2v) is 8.93. The van der Waals surface area contributed by atoms with Gasteiger partial charge in [0.05, 0.1) is 12.9 Å². The molecule has 92 valence electrons. The van der Waals surface area contributed by atoms with E-state index >= 15 is 0 Å². The van der Waals surface area contributed by atoms with Crippen molar-refractivity contribution in [3.63, 3.8) is 0 Å². The molecule has 0 radical (unpaired) electrons. The number of fused-ring (bicyclic) bond motifs is 1. The molecule has 0 N–H and O–H groups in total. The standard InChI is InChI=1S/C13H7Br2ClS2/c14-11-5-8(13(15)18-11)12(16)9-6-17-10-4-2-1-3-7(9)10/h1-6,12H. The molecule has 0 aliphatic heterocycles. The van der Waals surface area contributed by atoms with Gasteiger partial charge in [-0.2, -0.15) is 0 Å². The van der Waals surface area contributed by atoms with Crippen LogP contribution in [0.15, 0.2) is 43.3 Å². The molecule has 5 heteroatoms. The summed E-state index contributed by atoms with van der Waals surface area (Å²) in [6.07, 6.45) is 0. The zero-order valence-corrected chi connectivity index (χ0v) is 14.6. The van der Waals surface area contributed by atoms with Crippen LogP contribution in [-0.2, 0) is 0 Å². The first-order valence-electron chi connectivity index (χ1n) is 5.21. The van der Waals surface area contributed by atoms with Gasteiger partial charge >= 0.3 is 0 Å². The minimum absolute atomic E-state index is 0.113. The molecule has 18 heavy (non-hydrogen) atoms. The number of halogens is 3. The van der Waals surface area contributed by atoms with Crippen LogP contribution >= 0.6 is 66.1 Å². The molecule has 3 aromatic rings. The van der Waals surface area contributed by atoms with Crippen molar-refractivity contribution >= 4 is 76.2 Å². The predicted molar refractivity (Wildman–Crippen MR) is 89.2 cm³/mol. The van der Waals surface area contributed by atoms with Crippen molar-refractivity contribution in [3.8, 4) is 0 Å². The predicted octanol–water partition coefficient (Wildman–Crippen LogP) is 6.82. The Bertz CT molecular complexity index is 702. The molecule has 2 aromatic heterocycles. The van der Waals surface area contributed by atoms with E-state index in [0.717, 1.165) is 13.1 Å². The average Bonchev–Trinajstić information content (AvgIpc) is 2.92. The first kappa shape index (κ1) is 13.1. The Morgan fingerprint density at radius 1 is 1.11 bits per heavy atom. The van der Waals surface area contributed by atoms with Crippen LogP contribution in [0.2, 0.25) is 0 Å². The Hall–Kier alpha value is 0.130. The molecule has 0 bridgehead atoms. The molecule has 0 fully saturated rings. The highest BCUT2D eigenvalue weighted by Crippen LogP contribution is 2.43. The normalized spacial score (nSPS) is 13.1. The zero-order valence-electron chi connectivity index (χ0n) is 8.99. The smallest absolute Gasteiger partial charge is 0.0868 e. The van der Waals surface area contributed by atoms with Crippen LogP contribution in [0.25, 0.3) is 10.1 Å². The van der Waals surface area contributed by atoms with Crippen LogP contribution in [-0.4, -0.2) is 0 Å². The lowest BCUT2D eigenvalue weighted by Gasteiger charge is -2.07. The Morgan fingerprint density at radius 2 is 1.89 bits per heavy atom. The van der Waals surface area contributed by atoms with Gasteiger partial charge in [-0.25, -0.2) is 0 Å². The van der Waals surface area contributed by atoms with Gasteiger partial charge in [0.1, 0.15) is 0 Å². The van der Waals surface area contributed by atoms with Crippen molar-refractivity contribution in [2.75, 3.05) is 0 Å². The quantitative estimate of drug-likeness (QED) is 0.398. The third kappa shape index (κ3) is 2.29. The minimum atomic E-state index is -0.113. The molecule has 1 atom stereocenters. The summed E-state index contributed by atoms with van der Waals surface area (Å²) >= 11 is 17.1. The van der Waals surface area contributed by atoms with E-state index in [-0.39, 0.29) is 5.38 Å². The lowest BCUT2D eigenvalue weighted by Crippen LogP contribution is -1.90. The maximum Gasteiger partial charge on any atom is 0.0868 e. The van der Waals surface area contributed by atoms with E-state index in [2.05, 4.69) is 67.6 Å². The van der Waals surface area contributed by atoms with Gasteiger partial charge in [-0.15, -0.1) is 34.3 Å². The second-order valence-electron chi connectivity index (χ2n) is 3.83. The van der Waals surface area contributed by atoms with Crippen molar-refractivity contribution in [2.24, 2.45) is 0 Å². The van der Waals surface area contributed by atoms with Crippen LogP contribution in [0.5, 0.6) is 0 Å². The Balaban J connectivity index is 2.12. The van der Waals surface area contributed by atoms with Gasteiger partial charge in [0, 0.05) is 10.3 Å². The number of benzene rings is 1. The molecule has 0 saturated carbocycles. The number of rotatable bonds is 2. The van der Waals surface area contributed by atoms with Crippen LogP contribution in [0, 0.1) is 0 Å². The highest BCUT2D eigenvalue weighted by atomic mass is 79.9. The van der Waals surface area contributed by atoms with E-state index in [9.17, 15) is 0 Å². The third-order valence-corrected chi connectivity index (χ3v) is 6.58. The second kappa shape index (κ2) is 5.25. The molecule has 0 aliphatic carbocycles. The van der Waals surface area contributed by atoms with Crippen LogP contribution in [0.1, 0.15) is 16.5 Å². The van der Waals surface area contributed by atoms with Crippen molar-refractivity contribution in [1.82, 2.24) is 0 Å². The summed E-state index contributed by atoms with van der Waals surface area (Å²) in [5.41, 5.74) is 2.31. The number of hydrogen-bond acceptors (Lipinski definition) is 2. The molecule has 1 unspecified atom stereocenters. The molecule has 0 saturated heterocycles. The van der Waals surface area contributed by atoms with Crippen molar-refractivity contribution in [3.05, 3.63) is 54.4 Å². The number of thiophene rings is 2. The van der Waals surface area contributed by atoms with Gasteiger partial charge in [0.25, 0.3) is 0 Å². The fourth-order valence-electron chi connectivity index (χ4n) is 1.89. The van der Waals surface area contributed by atoms with E-state index in [0.29, 0.717) is 0 Å². The molecule has 0 amide bonds. The summed E-state index contributed by atoms with van der Waals surface area (Å²) < 4.78 is 3.46. The molecular formula is C13H7Br2ClS2. The Morgan fingerprint density at radius 3 is 2.61 bits per heavy atom. The summed E-state index contributed by atoms with van der Waals surface area (Å²) in [5.74, 6) is 0. The maximum absolute atomic E-state index is 6.63. The van der Waals surface area contributed by atoms with Crippen molar-refractivity contribution < 1.29 is 0 Å². The summed E-state index contributed by atoms with van der Waals surface area (Å²) in [7, 11) is 0. The molecule has 2 heterocycles. The minimum Gasteiger partial charge on any atom is -0.143 e. The first-order valence-corrected chi connectivity index (χ1v) is 8.93. The van der Waals surface area contributed by atoms with Crippen LogP contribution in [0.4, 0.5) is 0 Å². The van der Waals surface area contributed by atoms with Crippen LogP contribution < -0.4 is 0 Å². The van der Waals surface area contributed by atoms with Crippen LogP contribution in [0.3, 0.4) is 0 Å². The largest absolute Gasteiger partial charge is 0.143 e. The lowest BCUT2D eigenvalue weighted by molar-refractivity contribution is 1.18. The summed E-state index contributed by atoms with van der Waals surface area (Å²) in [6, 6.07) is 10.5. The van der Waals surface area contributed by atoms with E-state index in [1.807, 2.05) is 0 Å². The maximum atomic E-state index is 6.63. The highest BCUT2D eigenvalue weighted by molar-refractivity contribution is 9.12. The number of alkyl halides is 1. The fraction of sp³-hybridized carbons (Fsp3) is 0.0769. The Labute approximate surface area is 135 Å². The van der Waals surface area contributed by atoms with Gasteiger partial charge in [-0.3, -0.25) is 0 Å². The van der Waals surface area contributed by atoms with E-state index in [1.54, 1.807) is 22.7 Å². The molecule has 0 nitrogen and oxygen atoms in total. The molecule has 1 aromatic carbocycles. The topological polar surface area (TPSA) is 0 Å². The molecule has 0 aliphatic rings. The molecule has 0 spiro atoms. The summed E-state index contributed by atoms with van der Waals surface area (Å²) in [4.78, 5) is 0. The van der Waals surface area contributed by atoms with Gasteiger partial charge in [-0.1, -0.05) is 18.2 Å². The Kier molecular flexibility index (Phi) is 3.83. The van der Waals surface area contributed by atoms with E-state index < -0.39 is 0 Å². The van der Waals surface area contributed by atoms with E-state index in [1.165, 1.54) is 15.6 Å².